The second-order valence-electron chi connectivity index (χ2n) is 7.73. The molecule has 0 atom stereocenters. The smallest absolute Gasteiger partial charge is 0.332 e. The van der Waals surface area contributed by atoms with Crippen LogP contribution in [0.15, 0.2) is 33.9 Å². The lowest BCUT2D eigenvalue weighted by molar-refractivity contribution is 0.0378. The van der Waals surface area contributed by atoms with Crippen molar-refractivity contribution in [2.75, 3.05) is 44.7 Å². The highest BCUT2D eigenvalue weighted by atomic mass is 19.1. The van der Waals surface area contributed by atoms with E-state index in [-0.39, 0.29) is 23.5 Å². The van der Waals surface area contributed by atoms with Gasteiger partial charge in [0.25, 0.3) is 5.56 Å². The number of ether oxygens (including phenoxy) is 1. The molecule has 3 aromatic rings. The summed E-state index contributed by atoms with van der Waals surface area (Å²) in [5, 5.41) is 3.28. The van der Waals surface area contributed by atoms with Gasteiger partial charge < -0.3 is 10.1 Å². The summed E-state index contributed by atoms with van der Waals surface area (Å²) in [4.78, 5) is 32.1. The summed E-state index contributed by atoms with van der Waals surface area (Å²) in [7, 11) is 3.01. The number of fused-ring (bicyclic) bond motifs is 1. The lowest BCUT2D eigenvalue weighted by atomic mass is 10.2. The van der Waals surface area contributed by atoms with Gasteiger partial charge >= 0.3 is 5.69 Å². The fourth-order valence-corrected chi connectivity index (χ4v) is 3.86. The highest BCUT2D eigenvalue weighted by molar-refractivity contribution is 5.74. The van der Waals surface area contributed by atoms with Gasteiger partial charge in [0.2, 0.25) is 5.95 Å². The number of hydrogen-bond donors (Lipinski definition) is 1. The summed E-state index contributed by atoms with van der Waals surface area (Å²) < 4.78 is 23.8. The maximum Gasteiger partial charge on any atom is 0.332 e. The molecule has 3 heterocycles. The normalized spacial score (nSPS) is 14.9. The summed E-state index contributed by atoms with van der Waals surface area (Å²) >= 11 is 0. The van der Waals surface area contributed by atoms with Crippen molar-refractivity contribution in [2.45, 2.75) is 13.0 Å². The van der Waals surface area contributed by atoms with Gasteiger partial charge in [-0.25, -0.2) is 9.18 Å². The van der Waals surface area contributed by atoms with Crippen LogP contribution >= 0.6 is 0 Å². The van der Waals surface area contributed by atoms with Crippen LogP contribution in [-0.2, 0) is 25.4 Å². The van der Waals surface area contributed by atoms with Crippen LogP contribution in [-0.4, -0.2) is 63.0 Å². The zero-order chi connectivity index (χ0) is 22.0. The van der Waals surface area contributed by atoms with Crippen molar-refractivity contribution in [3.63, 3.8) is 0 Å². The largest absolute Gasteiger partial charge is 0.379 e. The molecule has 166 valence electrons. The molecule has 0 bridgehead atoms. The minimum atomic E-state index is -0.455. The van der Waals surface area contributed by atoms with Crippen LogP contribution in [0.25, 0.3) is 11.2 Å². The van der Waals surface area contributed by atoms with Gasteiger partial charge in [-0.15, -0.1) is 0 Å². The average Bonchev–Trinajstić information content (AvgIpc) is 3.14. The zero-order valence-corrected chi connectivity index (χ0v) is 17.8. The molecule has 1 aromatic carbocycles. The molecule has 1 aliphatic heterocycles. The summed E-state index contributed by atoms with van der Waals surface area (Å²) in [5.74, 6) is 0.0859. The van der Waals surface area contributed by atoms with E-state index in [1.807, 2.05) is 0 Å². The quantitative estimate of drug-likeness (QED) is 0.557. The SMILES string of the molecule is Cn1c(=O)c2c(nc(NCCCN3CCOCC3)n2Cc2ccccc2F)n(C)c1=O. The van der Waals surface area contributed by atoms with Gasteiger partial charge in [0.15, 0.2) is 11.2 Å². The molecule has 9 nitrogen and oxygen atoms in total. The van der Waals surface area contributed by atoms with Crippen LogP contribution < -0.4 is 16.6 Å². The summed E-state index contributed by atoms with van der Waals surface area (Å²) in [6, 6.07) is 6.44. The van der Waals surface area contributed by atoms with Crippen LogP contribution in [0.1, 0.15) is 12.0 Å². The fraction of sp³-hybridized carbons (Fsp3) is 0.476. The molecule has 1 N–H and O–H groups in total. The number of nitrogens with one attached hydrogen (secondary N) is 1. The Hall–Kier alpha value is -2.98. The molecular weight excluding hydrogens is 403 g/mol. The Kier molecular flexibility index (Phi) is 6.19. The molecule has 1 fully saturated rings. The van der Waals surface area contributed by atoms with E-state index in [9.17, 15) is 14.0 Å². The molecule has 1 aliphatic rings. The Morgan fingerprint density at radius 3 is 2.61 bits per heavy atom. The molecule has 0 amide bonds. The molecule has 4 rings (SSSR count). The molecule has 2 aromatic heterocycles. The molecule has 0 unspecified atom stereocenters. The molecule has 10 heteroatoms. The number of imidazole rings is 1. The van der Waals surface area contributed by atoms with Crippen LogP contribution in [0, 0.1) is 5.82 Å². The Morgan fingerprint density at radius 1 is 1.13 bits per heavy atom. The number of aryl methyl sites for hydroxylation is 1. The van der Waals surface area contributed by atoms with Gasteiger partial charge in [-0.3, -0.25) is 23.4 Å². The monoisotopic (exact) mass is 430 g/mol. The van der Waals surface area contributed by atoms with Gasteiger partial charge in [0.1, 0.15) is 5.82 Å². The van der Waals surface area contributed by atoms with Gasteiger partial charge in [-0.1, -0.05) is 18.2 Å². The van der Waals surface area contributed by atoms with Crippen molar-refractivity contribution >= 4 is 17.1 Å². The molecule has 31 heavy (non-hydrogen) atoms. The van der Waals surface area contributed by atoms with Gasteiger partial charge in [-0.2, -0.15) is 4.98 Å². The van der Waals surface area contributed by atoms with E-state index in [1.54, 1.807) is 29.8 Å². The lowest BCUT2D eigenvalue weighted by Gasteiger charge is -2.26. The Labute approximate surface area is 178 Å². The molecule has 0 aliphatic carbocycles. The van der Waals surface area contributed by atoms with Crippen LogP contribution in [0.4, 0.5) is 10.3 Å². The molecular formula is C21H27FN6O3. The Morgan fingerprint density at radius 2 is 1.87 bits per heavy atom. The topological polar surface area (TPSA) is 86.3 Å². The highest BCUT2D eigenvalue weighted by Gasteiger charge is 2.20. The van der Waals surface area contributed by atoms with E-state index >= 15 is 0 Å². The predicted octanol–water partition coefficient (Wildman–Crippen LogP) is 0.755. The van der Waals surface area contributed by atoms with E-state index in [0.29, 0.717) is 18.1 Å². The number of nitrogens with zero attached hydrogens (tertiary/aromatic N) is 5. The summed E-state index contributed by atoms with van der Waals surface area (Å²) in [6.45, 7) is 5.03. The second kappa shape index (κ2) is 9.03. The maximum atomic E-state index is 14.3. The van der Waals surface area contributed by atoms with Gasteiger partial charge in [0.05, 0.1) is 19.8 Å². The molecule has 0 radical (unpaired) electrons. The third kappa shape index (κ3) is 4.26. The first-order valence-corrected chi connectivity index (χ1v) is 10.4. The van der Waals surface area contributed by atoms with Crippen molar-refractivity contribution in [1.82, 2.24) is 23.6 Å². The lowest BCUT2D eigenvalue weighted by Crippen LogP contribution is -2.37. The van der Waals surface area contributed by atoms with E-state index in [2.05, 4.69) is 15.2 Å². The minimum Gasteiger partial charge on any atom is -0.379 e. The summed E-state index contributed by atoms with van der Waals surface area (Å²) in [6.07, 6.45) is 0.875. The molecule has 0 spiro atoms. The average molecular weight is 430 g/mol. The van der Waals surface area contributed by atoms with E-state index < -0.39 is 11.2 Å². The van der Waals surface area contributed by atoms with E-state index in [1.165, 1.54) is 17.7 Å². The fourth-order valence-electron chi connectivity index (χ4n) is 3.86. The van der Waals surface area contributed by atoms with Crippen molar-refractivity contribution in [3.8, 4) is 0 Å². The number of anilines is 1. The van der Waals surface area contributed by atoms with Crippen molar-refractivity contribution < 1.29 is 9.13 Å². The van der Waals surface area contributed by atoms with E-state index in [4.69, 9.17) is 4.74 Å². The number of halogens is 1. The summed E-state index contributed by atoms with van der Waals surface area (Å²) in [5.41, 5.74) is 0.0768. The third-order valence-electron chi connectivity index (χ3n) is 5.67. The maximum absolute atomic E-state index is 14.3. The molecule has 1 saturated heterocycles. The highest BCUT2D eigenvalue weighted by Crippen LogP contribution is 2.19. The standard InChI is InChI=1S/C21H27FN6O3/c1-25-18-17(19(29)26(2)21(25)30)28(14-15-6-3-4-7-16(15)22)20(24-18)23-8-5-9-27-10-12-31-13-11-27/h3-4,6-7H,5,8-14H2,1-2H3,(H,23,24). The van der Waals surface area contributed by atoms with Crippen molar-refractivity contribution in [1.29, 1.82) is 0 Å². The van der Waals surface area contributed by atoms with Crippen molar-refractivity contribution in [2.24, 2.45) is 14.1 Å². The molecule has 0 saturated carbocycles. The van der Waals surface area contributed by atoms with Crippen molar-refractivity contribution in [3.05, 3.63) is 56.5 Å². The first-order chi connectivity index (χ1) is 15.0. The van der Waals surface area contributed by atoms with E-state index in [0.717, 1.165) is 43.8 Å². The van der Waals surface area contributed by atoms with Crippen LogP contribution in [0.2, 0.25) is 0 Å². The number of benzene rings is 1. The third-order valence-corrected chi connectivity index (χ3v) is 5.67. The van der Waals surface area contributed by atoms with Crippen LogP contribution in [0.5, 0.6) is 0 Å². The number of rotatable bonds is 7. The number of aromatic nitrogens is 4. The first-order valence-electron chi connectivity index (χ1n) is 10.4. The number of hydrogen-bond acceptors (Lipinski definition) is 6. The first kappa shape index (κ1) is 21.3. The zero-order valence-electron chi connectivity index (χ0n) is 17.8. The van der Waals surface area contributed by atoms with Gasteiger partial charge in [-0.05, 0) is 19.0 Å². The van der Waals surface area contributed by atoms with Crippen LogP contribution in [0.3, 0.4) is 0 Å². The second-order valence-corrected chi connectivity index (χ2v) is 7.73. The Bertz CT molecular complexity index is 1190. The van der Waals surface area contributed by atoms with Gasteiger partial charge in [0, 0.05) is 39.3 Å². The minimum absolute atomic E-state index is 0.127. The predicted molar refractivity (Wildman–Crippen MR) is 116 cm³/mol. The Balaban J connectivity index is 1.65. The number of morpholine rings is 1.